The molecule has 1 aromatic carbocycles. The first-order valence-electron chi connectivity index (χ1n) is 7.54. The van der Waals surface area contributed by atoms with Gasteiger partial charge in [-0.3, -0.25) is 9.59 Å². The number of esters is 1. The summed E-state index contributed by atoms with van der Waals surface area (Å²) in [5, 5.41) is 10.1. The first-order valence-corrected chi connectivity index (χ1v) is 7.54. The Balaban J connectivity index is 2.50. The van der Waals surface area contributed by atoms with Crippen molar-refractivity contribution in [2.75, 3.05) is 20.7 Å². The summed E-state index contributed by atoms with van der Waals surface area (Å²) in [4.78, 5) is 25.2. The van der Waals surface area contributed by atoms with Crippen LogP contribution in [-0.4, -0.2) is 42.0 Å². The second-order valence-corrected chi connectivity index (χ2v) is 5.40. The van der Waals surface area contributed by atoms with Gasteiger partial charge >= 0.3 is 5.97 Å². The predicted molar refractivity (Wildman–Crippen MR) is 90.9 cm³/mol. The Morgan fingerprint density at radius 2 is 2.04 bits per heavy atom. The molecule has 0 fully saturated rings. The fourth-order valence-corrected chi connectivity index (χ4v) is 2.40. The Kier molecular flexibility index (Phi) is 5.38. The Morgan fingerprint density at radius 1 is 1.33 bits per heavy atom. The fraction of sp³-hybridized carbons (Fsp3) is 0.278. The third kappa shape index (κ3) is 3.63. The third-order valence-electron chi connectivity index (χ3n) is 3.48. The summed E-state index contributed by atoms with van der Waals surface area (Å²) in [5.41, 5.74) is 1.59. The van der Waals surface area contributed by atoms with E-state index in [4.69, 9.17) is 4.74 Å². The topological polar surface area (TPSA) is 75.3 Å². The van der Waals surface area contributed by atoms with Crippen LogP contribution in [0.1, 0.15) is 12.5 Å². The molecule has 0 saturated heterocycles. The van der Waals surface area contributed by atoms with Gasteiger partial charge in [0.2, 0.25) is 0 Å². The number of para-hydroxylation sites is 1. The van der Waals surface area contributed by atoms with Crippen molar-refractivity contribution in [2.45, 2.75) is 13.5 Å². The summed E-state index contributed by atoms with van der Waals surface area (Å²) in [6.07, 6.45) is 3.30. The van der Waals surface area contributed by atoms with E-state index in [9.17, 15) is 14.9 Å². The lowest BCUT2D eigenvalue weighted by Crippen LogP contribution is -2.22. The van der Waals surface area contributed by atoms with E-state index < -0.39 is 0 Å². The molecule has 6 heteroatoms. The number of rotatable bonds is 5. The molecule has 0 unspecified atom stereocenters. The van der Waals surface area contributed by atoms with E-state index in [2.05, 4.69) is 0 Å². The maximum atomic E-state index is 12.0. The average molecular weight is 325 g/mol. The van der Waals surface area contributed by atoms with Gasteiger partial charge in [-0.1, -0.05) is 18.2 Å². The van der Waals surface area contributed by atoms with E-state index in [1.165, 1.54) is 4.90 Å². The SMILES string of the molecule is CCOC(=O)Cn1cc(/C=C(\C#N)C(=O)N(C)C)c2ccccc21. The summed E-state index contributed by atoms with van der Waals surface area (Å²) in [5.74, 6) is -0.696. The zero-order valence-electron chi connectivity index (χ0n) is 13.9. The van der Waals surface area contributed by atoms with Crippen molar-refractivity contribution in [1.82, 2.24) is 9.47 Å². The molecule has 0 aliphatic rings. The number of aromatic nitrogens is 1. The number of nitrogens with zero attached hydrogens (tertiary/aromatic N) is 3. The highest BCUT2D eigenvalue weighted by atomic mass is 16.5. The van der Waals surface area contributed by atoms with Crippen LogP contribution in [0.15, 0.2) is 36.0 Å². The predicted octanol–water partition coefficient (Wildman–Crippen LogP) is 2.20. The Morgan fingerprint density at radius 3 is 2.67 bits per heavy atom. The van der Waals surface area contributed by atoms with Gasteiger partial charge < -0.3 is 14.2 Å². The van der Waals surface area contributed by atoms with Gasteiger partial charge in [-0.25, -0.2) is 0 Å². The van der Waals surface area contributed by atoms with Crippen molar-refractivity contribution in [2.24, 2.45) is 0 Å². The normalized spacial score (nSPS) is 11.2. The second kappa shape index (κ2) is 7.47. The number of nitriles is 1. The van der Waals surface area contributed by atoms with Gasteiger partial charge in [0.15, 0.2) is 0 Å². The average Bonchev–Trinajstić information content (AvgIpc) is 2.90. The minimum Gasteiger partial charge on any atom is -0.465 e. The molecule has 2 rings (SSSR count). The van der Waals surface area contributed by atoms with Crippen LogP contribution in [0.5, 0.6) is 0 Å². The number of hydrogen-bond donors (Lipinski definition) is 0. The molecule has 24 heavy (non-hydrogen) atoms. The highest BCUT2D eigenvalue weighted by molar-refractivity contribution is 6.03. The van der Waals surface area contributed by atoms with Crippen molar-refractivity contribution in [3.05, 3.63) is 41.6 Å². The molecule has 124 valence electrons. The Bertz CT molecular complexity index is 841. The van der Waals surface area contributed by atoms with Gasteiger partial charge in [-0.2, -0.15) is 5.26 Å². The van der Waals surface area contributed by atoms with Gasteiger partial charge in [-0.05, 0) is 19.1 Å². The molecule has 6 nitrogen and oxygen atoms in total. The van der Waals surface area contributed by atoms with Crippen molar-refractivity contribution in [1.29, 1.82) is 5.26 Å². The van der Waals surface area contributed by atoms with E-state index in [0.717, 1.165) is 10.9 Å². The van der Waals surface area contributed by atoms with Crippen LogP contribution in [-0.2, 0) is 20.9 Å². The highest BCUT2D eigenvalue weighted by Crippen LogP contribution is 2.24. The molecule has 1 heterocycles. The number of benzene rings is 1. The minimum atomic E-state index is -0.361. The quantitative estimate of drug-likeness (QED) is 0.480. The monoisotopic (exact) mass is 325 g/mol. The molecule has 0 aliphatic heterocycles. The first-order chi connectivity index (χ1) is 11.5. The zero-order valence-corrected chi connectivity index (χ0v) is 13.9. The maximum Gasteiger partial charge on any atom is 0.325 e. The van der Waals surface area contributed by atoms with Gasteiger partial charge in [0, 0.05) is 36.8 Å². The van der Waals surface area contributed by atoms with Gasteiger partial charge in [0.25, 0.3) is 5.91 Å². The first kappa shape index (κ1) is 17.3. The molecule has 0 saturated carbocycles. The van der Waals surface area contributed by atoms with Crippen LogP contribution in [0, 0.1) is 11.3 Å². The number of hydrogen-bond acceptors (Lipinski definition) is 4. The molecule has 0 spiro atoms. The largest absolute Gasteiger partial charge is 0.465 e. The van der Waals surface area contributed by atoms with Crippen LogP contribution in [0.4, 0.5) is 0 Å². The second-order valence-electron chi connectivity index (χ2n) is 5.40. The van der Waals surface area contributed by atoms with Crippen LogP contribution in [0.3, 0.4) is 0 Å². The van der Waals surface area contributed by atoms with Gasteiger partial charge in [-0.15, -0.1) is 0 Å². The van der Waals surface area contributed by atoms with E-state index in [-0.39, 0.29) is 24.0 Å². The summed E-state index contributed by atoms with van der Waals surface area (Å²) in [6.45, 7) is 2.15. The van der Waals surface area contributed by atoms with Crippen LogP contribution < -0.4 is 0 Å². The molecular formula is C18H19N3O3. The number of ether oxygens (including phenoxy) is 1. The lowest BCUT2D eigenvalue weighted by molar-refractivity contribution is -0.143. The molecule has 1 amide bonds. The highest BCUT2D eigenvalue weighted by Gasteiger charge is 2.15. The van der Waals surface area contributed by atoms with Crippen molar-refractivity contribution in [3.8, 4) is 6.07 Å². The van der Waals surface area contributed by atoms with Gasteiger partial charge in [0.1, 0.15) is 18.2 Å². The molecule has 0 aliphatic carbocycles. The number of carbonyl (C=O) groups is 2. The molecule has 0 N–H and O–H groups in total. The standard InChI is InChI=1S/C18H19N3O3/c1-4-24-17(22)12-21-11-14(15-7-5-6-8-16(15)21)9-13(10-19)18(23)20(2)3/h5-9,11H,4,12H2,1-3H3/b13-9+. The maximum absolute atomic E-state index is 12.0. The lowest BCUT2D eigenvalue weighted by atomic mass is 10.1. The van der Waals surface area contributed by atoms with E-state index in [1.807, 2.05) is 30.3 Å². The molecule has 1 aromatic heterocycles. The van der Waals surface area contributed by atoms with Crippen LogP contribution in [0.2, 0.25) is 0 Å². The fourth-order valence-electron chi connectivity index (χ4n) is 2.40. The smallest absolute Gasteiger partial charge is 0.325 e. The van der Waals surface area contributed by atoms with E-state index in [0.29, 0.717) is 12.2 Å². The third-order valence-corrected chi connectivity index (χ3v) is 3.48. The molecule has 2 aromatic rings. The number of likely N-dealkylation sites (N-methyl/N-ethyl adjacent to an activating group) is 1. The number of carbonyl (C=O) groups excluding carboxylic acids is 2. The summed E-state index contributed by atoms with van der Waals surface area (Å²) >= 11 is 0. The summed E-state index contributed by atoms with van der Waals surface area (Å²) in [7, 11) is 3.19. The van der Waals surface area contributed by atoms with Crippen molar-refractivity contribution < 1.29 is 14.3 Å². The number of fused-ring (bicyclic) bond motifs is 1. The van der Waals surface area contributed by atoms with E-state index in [1.54, 1.807) is 37.9 Å². The zero-order chi connectivity index (χ0) is 17.7. The summed E-state index contributed by atoms with van der Waals surface area (Å²) in [6, 6.07) is 9.44. The minimum absolute atomic E-state index is 0.0408. The van der Waals surface area contributed by atoms with Crippen molar-refractivity contribution in [3.63, 3.8) is 0 Å². The lowest BCUT2D eigenvalue weighted by Gasteiger charge is -2.08. The molecule has 0 bridgehead atoms. The molecule has 0 atom stereocenters. The van der Waals surface area contributed by atoms with Crippen LogP contribution >= 0.6 is 0 Å². The summed E-state index contributed by atoms with van der Waals surface area (Å²) < 4.78 is 6.75. The van der Waals surface area contributed by atoms with Crippen LogP contribution in [0.25, 0.3) is 17.0 Å². The molecular weight excluding hydrogens is 306 g/mol. The number of amides is 1. The Labute approximate surface area is 140 Å². The Hall–Kier alpha value is -3.07. The van der Waals surface area contributed by atoms with Crippen molar-refractivity contribution >= 4 is 28.9 Å². The van der Waals surface area contributed by atoms with E-state index >= 15 is 0 Å². The van der Waals surface area contributed by atoms with Gasteiger partial charge in [0.05, 0.1) is 6.61 Å². The molecule has 0 radical (unpaired) electrons.